The normalized spacial score (nSPS) is 19.2. The highest BCUT2D eigenvalue weighted by atomic mass is 32.2. The molecule has 0 heterocycles. The van der Waals surface area contributed by atoms with Gasteiger partial charge < -0.3 is 5.11 Å². The quantitative estimate of drug-likeness (QED) is 0.837. The van der Waals surface area contributed by atoms with Crippen LogP contribution in [0.3, 0.4) is 0 Å². The van der Waals surface area contributed by atoms with Crippen LogP contribution in [0.2, 0.25) is 0 Å². The third-order valence-corrected chi connectivity index (χ3v) is 5.23. The van der Waals surface area contributed by atoms with Crippen molar-refractivity contribution in [3.05, 3.63) is 29.8 Å². The van der Waals surface area contributed by atoms with Crippen molar-refractivity contribution in [3.63, 3.8) is 0 Å². The fraction of sp³-hybridized carbons (Fsp3) is 0.571. The summed E-state index contributed by atoms with van der Waals surface area (Å²) in [7, 11) is -3.97. The van der Waals surface area contributed by atoms with Gasteiger partial charge in [0.15, 0.2) is 11.6 Å². The molecule has 1 saturated carbocycles. The van der Waals surface area contributed by atoms with Crippen LogP contribution in [-0.2, 0) is 10.0 Å². The highest BCUT2D eigenvalue weighted by Crippen LogP contribution is 2.26. The number of aliphatic hydroxyl groups is 1. The van der Waals surface area contributed by atoms with Gasteiger partial charge in [-0.05, 0) is 31.0 Å². The number of benzene rings is 1. The van der Waals surface area contributed by atoms with Gasteiger partial charge in [0.1, 0.15) is 0 Å². The summed E-state index contributed by atoms with van der Waals surface area (Å²) >= 11 is 0. The van der Waals surface area contributed by atoms with E-state index >= 15 is 0 Å². The molecule has 2 rings (SSSR count). The number of sulfonamides is 1. The van der Waals surface area contributed by atoms with Crippen LogP contribution >= 0.6 is 0 Å². The van der Waals surface area contributed by atoms with Crippen LogP contribution in [0.5, 0.6) is 0 Å². The van der Waals surface area contributed by atoms with E-state index in [1.165, 1.54) is 0 Å². The van der Waals surface area contributed by atoms with E-state index in [0.29, 0.717) is 18.9 Å². The largest absolute Gasteiger partial charge is 0.389 e. The molecule has 0 amide bonds. The van der Waals surface area contributed by atoms with Crippen LogP contribution in [0, 0.1) is 11.6 Å². The topological polar surface area (TPSA) is 66.4 Å². The highest BCUT2D eigenvalue weighted by Gasteiger charge is 2.30. The molecule has 7 heteroatoms. The molecule has 0 spiro atoms. The van der Waals surface area contributed by atoms with Crippen LogP contribution in [0.25, 0.3) is 0 Å². The first kappa shape index (κ1) is 16.3. The zero-order valence-electron chi connectivity index (χ0n) is 11.6. The molecule has 118 valence electrons. The Balaban J connectivity index is 2.08. The summed E-state index contributed by atoms with van der Waals surface area (Å²) in [4.78, 5) is -0.348. The van der Waals surface area contributed by atoms with Gasteiger partial charge in [0.05, 0.1) is 10.5 Å². The van der Waals surface area contributed by atoms with Gasteiger partial charge in [0.25, 0.3) is 0 Å². The maximum atomic E-state index is 13.1. The molecular formula is C14H19F2NO3S. The number of halogens is 2. The maximum Gasteiger partial charge on any atom is 0.240 e. The lowest BCUT2D eigenvalue weighted by Gasteiger charge is -2.26. The number of hydrogen-bond acceptors (Lipinski definition) is 3. The minimum absolute atomic E-state index is 0.117. The zero-order chi connectivity index (χ0) is 15.5. The van der Waals surface area contributed by atoms with Crippen molar-refractivity contribution in [1.29, 1.82) is 0 Å². The summed E-state index contributed by atoms with van der Waals surface area (Å²) in [5, 5.41) is 10.4. The average molecular weight is 319 g/mol. The molecule has 0 unspecified atom stereocenters. The fourth-order valence-corrected chi connectivity index (χ4v) is 3.65. The van der Waals surface area contributed by atoms with Crippen LogP contribution in [0.1, 0.15) is 38.5 Å². The molecular weight excluding hydrogens is 300 g/mol. The van der Waals surface area contributed by atoms with Gasteiger partial charge in [-0.25, -0.2) is 21.9 Å². The van der Waals surface area contributed by atoms with Crippen LogP contribution < -0.4 is 4.72 Å². The van der Waals surface area contributed by atoms with E-state index in [1.54, 1.807) is 0 Å². The summed E-state index contributed by atoms with van der Waals surface area (Å²) in [5.74, 6) is -2.32. The molecule has 4 nitrogen and oxygen atoms in total. The first-order valence-electron chi connectivity index (χ1n) is 7.00. The Kier molecular flexibility index (Phi) is 4.95. The predicted octanol–water partition coefficient (Wildman–Crippen LogP) is 2.33. The monoisotopic (exact) mass is 319 g/mol. The van der Waals surface area contributed by atoms with Crippen molar-refractivity contribution < 1.29 is 22.3 Å². The molecule has 1 aliphatic carbocycles. The first-order chi connectivity index (χ1) is 9.82. The zero-order valence-corrected chi connectivity index (χ0v) is 12.4. The van der Waals surface area contributed by atoms with Gasteiger partial charge in [-0.2, -0.15) is 0 Å². The molecule has 2 N–H and O–H groups in total. The van der Waals surface area contributed by atoms with Gasteiger partial charge in [0.2, 0.25) is 10.0 Å². The molecule has 1 fully saturated rings. The van der Waals surface area contributed by atoms with E-state index in [2.05, 4.69) is 4.72 Å². The Morgan fingerprint density at radius 1 is 1.10 bits per heavy atom. The summed E-state index contributed by atoms with van der Waals surface area (Å²) in [6.45, 7) is -0.117. The highest BCUT2D eigenvalue weighted by molar-refractivity contribution is 7.89. The van der Waals surface area contributed by atoms with E-state index in [0.717, 1.165) is 37.8 Å². The van der Waals surface area contributed by atoms with Gasteiger partial charge in [-0.15, -0.1) is 0 Å². The SMILES string of the molecule is O=S(=O)(NCC1(O)CCCCCC1)c1ccc(F)c(F)c1. The second kappa shape index (κ2) is 6.37. The minimum atomic E-state index is -3.97. The Morgan fingerprint density at radius 2 is 1.71 bits per heavy atom. The molecule has 0 aromatic heterocycles. The predicted molar refractivity (Wildman–Crippen MR) is 74.2 cm³/mol. The van der Waals surface area contributed by atoms with Crippen LogP contribution in [0.15, 0.2) is 23.1 Å². The van der Waals surface area contributed by atoms with Gasteiger partial charge in [-0.1, -0.05) is 25.7 Å². The summed E-state index contributed by atoms with van der Waals surface area (Å²) in [6.07, 6.45) is 4.82. The minimum Gasteiger partial charge on any atom is -0.389 e. The lowest BCUT2D eigenvalue weighted by molar-refractivity contribution is 0.0303. The lowest BCUT2D eigenvalue weighted by Crippen LogP contribution is -2.42. The van der Waals surface area contributed by atoms with Crippen molar-refractivity contribution in [2.75, 3.05) is 6.54 Å². The fourth-order valence-electron chi connectivity index (χ4n) is 2.52. The molecule has 0 atom stereocenters. The molecule has 1 aliphatic rings. The molecule has 0 aliphatic heterocycles. The smallest absolute Gasteiger partial charge is 0.240 e. The van der Waals surface area contributed by atoms with Crippen LogP contribution in [0.4, 0.5) is 8.78 Å². The second-order valence-corrected chi connectivity index (χ2v) is 7.31. The van der Waals surface area contributed by atoms with E-state index in [1.807, 2.05) is 0 Å². The van der Waals surface area contributed by atoms with Crippen LogP contribution in [-0.4, -0.2) is 25.7 Å². The maximum absolute atomic E-state index is 13.1. The number of hydrogen-bond donors (Lipinski definition) is 2. The van der Waals surface area contributed by atoms with E-state index in [4.69, 9.17) is 0 Å². The third-order valence-electron chi connectivity index (χ3n) is 3.83. The molecule has 21 heavy (non-hydrogen) atoms. The van der Waals surface area contributed by atoms with Crippen molar-refractivity contribution >= 4 is 10.0 Å². The van der Waals surface area contributed by atoms with E-state index < -0.39 is 27.3 Å². The van der Waals surface area contributed by atoms with Gasteiger partial charge >= 0.3 is 0 Å². The molecule has 1 aromatic rings. The number of rotatable bonds is 4. The molecule has 1 aromatic carbocycles. The molecule has 0 bridgehead atoms. The van der Waals surface area contributed by atoms with Crippen molar-refractivity contribution in [3.8, 4) is 0 Å². The Morgan fingerprint density at radius 3 is 2.29 bits per heavy atom. The first-order valence-corrected chi connectivity index (χ1v) is 8.48. The van der Waals surface area contributed by atoms with Gasteiger partial charge in [-0.3, -0.25) is 0 Å². The lowest BCUT2D eigenvalue weighted by atomic mass is 9.95. The van der Waals surface area contributed by atoms with Crippen molar-refractivity contribution in [1.82, 2.24) is 4.72 Å². The van der Waals surface area contributed by atoms with Crippen molar-refractivity contribution in [2.45, 2.75) is 49.0 Å². The van der Waals surface area contributed by atoms with E-state index in [9.17, 15) is 22.3 Å². The Labute approximate surface area is 123 Å². The second-order valence-electron chi connectivity index (χ2n) is 5.54. The van der Waals surface area contributed by atoms with E-state index in [-0.39, 0.29) is 11.4 Å². The number of nitrogens with one attached hydrogen (secondary N) is 1. The Bertz CT molecular complexity index is 596. The molecule has 0 saturated heterocycles. The summed E-state index contributed by atoms with van der Waals surface area (Å²) in [6, 6.07) is 2.40. The standard InChI is InChI=1S/C14H19F2NO3S/c15-12-6-5-11(9-13(12)16)21(19,20)17-10-14(18)7-3-1-2-4-8-14/h5-6,9,17-18H,1-4,7-8,10H2. The average Bonchev–Trinajstić information content (AvgIpc) is 2.65. The Hall–Kier alpha value is -1.05. The summed E-state index contributed by atoms with van der Waals surface area (Å²) < 4.78 is 52.4. The summed E-state index contributed by atoms with van der Waals surface area (Å²) in [5.41, 5.74) is -1.07. The third kappa shape index (κ3) is 4.21. The van der Waals surface area contributed by atoms with Crippen molar-refractivity contribution in [2.24, 2.45) is 0 Å². The van der Waals surface area contributed by atoms with Gasteiger partial charge in [0, 0.05) is 6.54 Å². The molecule has 0 radical (unpaired) electrons.